The van der Waals surface area contributed by atoms with Crippen LogP contribution < -0.4 is 53.2 Å². The third-order valence-electron chi connectivity index (χ3n) is 28.4. The highest BCUT2D eigenvalue weighted by Crippen LogP contribution is 2.54. The Bertz CT molecular complexity index is 7870. The van der Waals surface area contributed by atoms with Crippen molar-refractivity contribution in [3.8, 4) is 56.4 Å². The lowest BCUT2D eigenvalue weighted by Gasteiger charge is -2.44. The first-order chi connectivity index (χ1) is 64.4. The van der Waals surface area contributed by atoms with Gasteiger partial charge in [0.05, 0.1) is 56.7 Å². The predicted molar refractivity (Wildman–Crippen MR) is 567 cm³/mol. The number of benzene rings is 15. The highest BCUT2D eigenvalue weighted by molar-refractivity contribution is 14.1. The van der Waals surface area contributed by atoms with E-state index < -0.39 is 0 Å². The average molecular weight is 1830 g/mol. The number of fused-ring (bicyclic) bond motifs is 16. The minimum Gasteiger partial charge on any atom is -0.356 e. The van der Waals surface area contributed by atoms with Gasteiger partial charge in [-0.15, -0.1) is 0 Å². The number of rotatable bonds is 8. The Morgan fingerprint density at radius 3 is 1.22 bits per heavy atom. The molecule has 644 valence electrons. The van der Waals surface area contributed by atoms with Crippen molar-refractivity contribution in [3.05, 3.63) is 428 Å². The van der Waals surface area contributed by atoms with Crippen LogP contribution in [0.1, 0.15) is 147 Å². The van der Waals surface area contributed by atoms with Crippen molar-refractivity contribution in [1.29, 1.82) is 0 Å². The molecule has 15 aromatic carbocycles. The lowest BCUT2D eigenvalue weighted by atomic mass is 9.33. The maximum atomic E-state index is 5.50. The first-order valence-electron chi connectivity index (χ1n) is 46.6. The molecular weight excluding hydrogens is 1730 g/mol. The Morgan fingerprint density at radius 2 is 0.714 bits per heavy atom. The Hall–Kier alpha value is -14.4. The normalized spacial score (nSPS) is 14.3. The van der Waals surface area contributed by atoms with Gasteiger partial charge in [0.25, 0.3) is 13.4 Å². The third-order valence-corrected chi connectivity index (χ3v) is 29.1. The molecule has 25 rings (SSSR count). The van der Waals surface area contributed by atoms with Crippen molar-refractivity contribution in [2.75, 3.05) is 20.4 Å². The van der Waals surface area contributed by atoms with Gasteiger partial charge in [0.2, 0.25) is 0 Å². The maximum absolute atomic E-state index is 5.50. The third kappa shape index (κ3) is 14.0. The molecule has 0 bridgehead atoms. The topological polar surface area (TPSA) is 92.0 Å². The fraction of sp³-hybridized carbons (Fsp3) is 0.150. The summed E-state index contributed by atoms with van der Waals surface area (Å²) in [5.41, 5.74) is 49.5. The van der Waals surface area contributed by atoms with E-state index in [2.05, 4.69) is 470 Å². The summed E-state index contributed by atoms with van der Waals surface area (Å²) in [4.78, 5) is 25.8. The summed E-state index contributed by atoms with van der Waals surface area (Å²) in [5, 5.41) is 7.66. The molecule has 0 fully saturated rings. The zero-order valence-corrected chi connectivity index (χ0v) is 79.4. The molecule has 6 aliphatic rings. The van der Waals surface area contributed by atoms with E-state index in [-0.39, 0.29) is 41.5 Å². The van der Waals surface area contributed by atoms with Gasteiger partial charge in [-0.2, -0.15) is 0 Å². The number of nitrogens with one attached hydrogen (secondary N) is 2. The van der Waals surface area contributed by atoms with Crippen LogP contribution in [0.25, 0.3) is 78.5 Å². The van der Waals surface area contributed by atoms with Crippen LogP contribution in [0.15, 0.2) is 352 Å². The van der Waals surface area contributed by atoms with Crippen LogP contribution in [-0.4, -0.2) is 42.5 Å². The number of halogens is 1. The quantitative estimate of drug-likeness (QED) is 0.115. The van der Waals surface area contributed by atoms with E-state index >= 15 is 0 Å². The number of para-hydroxylation sites is 6. The molecule has 2 atom stereocenters. The molecule has 19 aromatic rings. The van der Waals surface area contributed by atoms with E-state index in [0.717, 1.165) is 90.4 Å². The van der Waals surface area contributed by atoms with Crippen LogP contribution in [0, 0.1) is 31.3 Å². The van der Waals surface area contributed by atoms with Gasteiger partial charge in [-0.3, -0.25) is 19.1 Å². The summed E-state index contributed by atoms with van der Waals surface area (Å²) >= 11 is 2.32. The highest BCUT2D eigenvalue weighted by atomic mass is 127. The SMILES string of the molecule is CC(C)(C)c1ccc(I)cc1.Cc1cccc(C)c1-n1c(-c2ccc3c(c2)B2c4cc5c(cc4N(c4ccc(C(C)(C)C)cc4)c4cccc(c42)N3c2ccc(C(C)(C)C)cc2)-c2ccccc2C5c2ccccn2)nc2ccccc21.Cc1cccc(C)c1-n1c(-c2ccc3c(c2)B2c4cc5c(cc4Nc4cccc(c42)N3)-c2ccccc2C5c2ccccn2)nc2ccccc21. The molecule has 13 heteroatoms. The molecule has 4 aliphatic heterocycles. The summed E-state index contributed by atoms with van der Waals surface area (Å²) < 4.78 is 6.05. The van der Waals surface area contributed by atoms with Crippen LogP contribution in [0.2, 0.25) is 0 Å². The van der Waals surface area contributed by atoms with Crippen LogP contribution in [0.3, 0.4) is 0 Å². The van der Waals surface area contributed by atoms with Crippen LogP contribution in [0.4, 0.5) is 56.9 Å². The summed E-state index contributed by atoms with van der Waals surface area (Å²) in [6, 6.07) is 125. The maximum Gasteiger partial charge on any atom is 0.252 e. The van der Waals surface area contributed by atoms with Gasteiger partial charge in [0, 0.05) is 84.0 Å². The fourth-order valence-electron chi connectivity index (χ4n) is 22.0. The molecule has 4 aromatic heterocycles. The second-order valence-electron chi connectivity index (χ2n) is 39.8. The molecule has 2 N–H and O–H groups in total. The molecule has 0 spiro atoms. The van der Waals surface area contributed by atoms with Gasteiger partial charge in [-0.25, -0.2) is 9.97 Å². The second kappa shape index (κ2) is 32.0. The standard InChI is InChI=1S/C65H56BN5.C45H32BN5.C10H13I/c1-40-17-15-18-41(2)62(40)71-56-23-12-11-21-53(56)68-63(71)42-26-35-55-51(37-42)66-52-38-50-49(47-19-9-10-20-48(47)60(50)54-22-13-14-36-67-54)39-59(52)70(46-33-29-44(30-34-46)65(6,7)8)58-25-16-24-57(61(58)66)69(55)45-31-27-43(28-32-45)64(3,4)5;1-26-11-9-12-27(2)44(26)51-41-19-6-5-15-36(41)50-45(51)28-20-21-35-33(23-28)46-34-24-32-31(25-40(34)49-39-18-10-17-38(48-35)43(39)46)29-13-3-4-14-30(29)42(32)37-16-7-8-22-47-37;1-10(2,3)8-4-6-9(11)7-5-8/h9-39,60H,1-8H3;3-25,42,48-49H,1-2H3;4-7H,1-3H3. The smallest absolute Gasteiger partial charge is 0.252 e. The van der Waals surface area contributed by atoms with Gasteiger partial charge < -0.3 is 20.4 Å². The van der Waals surface area contributed by atoms with Crippen molar-refractivity contribution in [2.45, 2.75) is 118 Å². The molecule has 2 unspecified atom stereocenters. The van der Waals surface area contributed by atoms with Crippen LogP contribution in [0.5, 0.6) is 0 Å². The molecule has 0 saturated carbocycles. The molecule has 0 radical (unpaired) electrons. The van der Waals surface area contributed by atoms with Gasteiger partial charge >= 0.3 is 0 Å². The lowest BCUT2D eigenvalue weighted by molar-refractivity contribution is 0.590. The van der Waals surface area contributed by atoms with Crippen molar-refractivity contribution >= 4 is 148 Å². The Morgan fingerprint density at radius 1 is 0.308 bits per heavy atom. The van der Waals surface area contributed by atoms with Crippen LogP contribution >= 0.6 is 22.6 Å². The zero-order valence-electron chi connectivity index (χ0n) is 77.3. The van der Waals surface area contributed by atoms with Crippen LogP contribution in [-0.2, 0) is 16.2 Å². The minimum atomic E-state index is -0.113. The average Bonchev–Trinajstić information content (AvgIpc) is 1.66. The second-order valence-corrected chi connectivity index (χ2v) is 41.0. The largest absolute Gasteiger partial charge is 0.356 e. The van der Waals surface area contributed by atoms with Gasteiger partial charge in [0.1, 0.15) is 11.6 Å². The number of imidazole rings is 2. The summed E-state index contributed by atoms with van der Waals surface area (Å²) in [5.74, 6) is 1.95. The number of pyridine rings is 2. The van der Waals surface area contributed by atoms with E-state index in [4.69, 9.17) is 19.9 Å². The van der Waals surface area contributed by atoms with Crippen molar-refractivity contribution in [3.63, 3.8) is 0 Å². The number of aryl methyl sites for hydroxylation is 4. The Labute approximate surface area is 793 Å². The van der Waals surface area contributed by atoms with E-state index in [1.54, 1.807) is 0 Å². The van der Waals surface area contributed by atoms with E-state index in [1.165, 1.54) is 154 Å². The first-order valence-corrected chi connectivity index (χ1v) is 47.6. The lowest BCUT2D eigenvalue weighted by Crippen LogP contribution is -2.61. The predicted octanol–water partition coefficient (Wildman–Crippen LogP) is 26.6. The molecule has 10 nitrogen and oxygen atoms in total. The van der Waals surface area contributed by atoms with Crippen molar-refractivity contribution in [1.82, 2.24) is 29.1 Å². The molecule has 8 heterocycles. The number of anilines is 10. The molecular formula is C120H101B2IN10. The van der Waals surface area contributed by atoms with Gasteiger partial charge in [-0.1, -0.05) is 256 Å². The number of aromatic nitrogens is 6. The highest BCUT2D eigenvalue weighted by Gasteiger charge is 2.47. The zero-order chi connectivity index (χ0) is 90.8. The summed E-state index contributed by atoms with van der Waals surface area (Å²) in [6.07, 6.45) is 3.85. The number of hydrogen-bond donors (Lipinski definition) is 2. The molecule has 133 heavy (non-hydrogen) atoms. The monoisotopic (exact) mass is 1830 g/mol. The molecule has 0 amide bonds. The van der Waals surface area contributed by atoms with Gasteiger partial charge in [0.15, 0.2) is 0 Å². The summed E-state index contributed by atoms with van der Waals surface area (Å²) in [7, 11) is 0. The molecule has 0 saturated heterocycles. The Kier molecular flexibility index (Phi) is 19.9. The molecule has 2 aliphatic carbocycles. The first kappa shape index (κ1) is 83.0. The number of nitrogens with zero attached hydrogens (tertiary/aromatic N) is 8. The van der Waals surface area contributed by atoms with Crippen molar-refractivity contribution in [2.24, 2.45) is 0 Å². The van der Waals surface area contributed by atoms with Crippen molar-refractivity contribution < 1.29 is 0 Å². The van der Waals surface area contributed by atoms with E-state index in [9.17, 15) is 0 Å². The fourth-order valence-corrected chi connectivity index (χ4v) is 22.3. The number of hydrogen-bond acceptors (Lipinski definition) is 8. The van der Waals surface area contributed by atoms with E-state index in [1.807, 2.05) is 24.5 Å². The van der Waals surface area contributed by atoms with E-state index in [0.29, 0.717) is 0 Å². The van der Waals surface area contributed by atoms with Gasteiger partial charge in [-0.05, 0) is 328 Å². The minimum absolute atomic E-state index is 0.00616. The summed E-state index contributed by atoms with van der Waals surface area (Å²) in [6.45, 7) is 29.2. The Balaban J connectivity index is 0.000000140.